The van der Waals surface area contributed by atoms with Crippen LogP contribution in [0, 0.1) is 0 Å². The molecule has 0 amide bonds. The number of carbonyl (C=O) groups excluding carboxylic acids is 1. The van der Waals surface area contributed by atoms with Gasteiger partial charge in [0.25, 0.3) is 0 Å². The molecule has 17 heavy (non-hydrogen) atoms. The third-order valence-electron chi connectivity index (χ3n) is 2.64. The molecule has 1 aliphatic carbocycles. The van der Waals surface area contributed by atoms with Crippen LogP contribution in [0.5, 0.6) is 0 Å². The fourth-order valence-corrected chi connectivity index (χ4v) is 1.58. The van der Waals surface area contributed by atoms with Crippen molar-refractivity contribution in [3.05, 3.63) is 29.6 Å². The zero-order valence-electron chi connectivity index (χ0n) is 9.85. The standard InChI is InChI=1S/C13H16N2O2/c1-2-17-13(16)8-7-12-10(14)5-6-11(15-12)9-3-4-9/h5-9H,2-4,14H2,1H3/b8-7+. The minimum atomic E-state index is -0.370. The summed E-state index contributed by atoms with van der Waals surface area (Å²) in [6.45, 7) is 2.14. The van der Waals surface area contributed by atoms with Gasteiger partial charge in [0.05, 0.1) is 18.0 Å². The van der Waals surface area contributed by atoms with Crippen LogP contribution in [0.25, 0.3) is 6.08 Å². The number of nitrogens with zero attached hydrogens (tertiary/aromatic N) is 1. The molecular weight excluding hydrogens is 216 g/mol. The average Bonchev–Trinajstić information content (AvgIpc) is 3.12. The predicted octanol–water partition coefficient (Wildman–Crippen LogP) is 2.12. The van der Waals surface area contributed by atoms with Crippen LogP contribution in [-0.4, -0.2) is 17.6 Å². The summed E-state index contributed by atoms with van der Waals surface area (Å²) < 4.78 is 4.80. The Kier molecular flexibility index (Phi) is 3.42. The Bertz CT molecular complexity index is 451. The molecule has 90 valence electrons. The maximum absolute atomic E-state index is 11.2. The van der Waals surface area contributed by atoms with Crippen molar-refractivity contribution >= 4 is 17.7 Å². The van der Waals surface area contributed by atoms with Crippen molar-refractivity contribution in [2.45, 2.75) is 25.7 Å². The van der Waals surface area contributed by atoms with Crippen LogP contribution in [0.4, 0.5) is 5.69 Å². The molecule has 0 atom stereocenters. The van der Waals surface area contributed by atoms with E-state index < -0.39 is 0 Å². The topological polar surface area (TPSA) is 65.2 Å². The molecular formula is C13H16N2O2. The summed E-state index contributed by atoms with van der Waals surface area (Å²) >= 11 is 0. The van der Waals surface area contributed by atoms with E-state index in [0.717, 1.165) is 5.69 Å². The van der Waals surface area contributed by atoms with E-state index >= 15 is 0 Å². The van der Waals surface area contributed by atoms with Crippen LogP contribution < -0.4 is 5.73 Å². The van der Waals surface area contributed by atoms with Gasteiger partial charge in [-0.25, -0.2) is 4.79 Å². The van der Waals surface area contributed by atoms with E-state index in [4.69, 9.17) is 10.5 Å². The van der Waals surface area contributed by atoms with Gasteiger partial charge in [0.15, 0.2) is 0 Å². The first-order valence-corrected chi connectivity index (χ1v) is 5.82. The molecule has 1 aromatic heterocycles. The molecule has 4 heteroatoms. The summed E-state index contributed by atoms with van der Waals surface area (Å²) in [4.78, 5) is 15.6. The summed E-state index contributed by atoms with van der Waals surface area (Å²) in [6, 6.07) is 3.79. The van der Waals surface area contributed by atoms with Crippen molar-refractivity contribution in [2.24, 2.45) is 0 Å². The van der Waals surface area contributed by atoms with Crippen LogP contribution in [0.2, 0.25) is 0 Å². The molecule has 1 saturated carbocycles. The molecule has 0 aromatic carbocycles. The molecule has 1 fully saturated rings. The average molecular weight is 232 g/mol. The second-order valence-electron chi connectivity index (χ2n) is 4.07. The van der Waals surface area contributed by atoms with E-state index in [2.05, 4.69) is 4.98 Å². The van der Waals surface area contributed by atoms with Crippen molar-refractivity contribution in [2.75, 3.05) is 12.3 Å². The molecule has 0 unspecified atom stereocenters. The minimum absolute atomic E-state index is 0.369. The fraction of sp³-hybridized carbons (Fsp3) is 0.385. The Labute approximate surface area is 100 Å². The van der Waals surface area contributed by atoms with Gasteiger partial charge in [0.1, 0.15) is 0 Å². The van der Waals surface area contributed by atoms with Crippen molar-refractivity contribution in [1.29, 1.82) is 0 Å². The molecule has 0 bridgehead atoms. The van der Waals surface area contributed by atoms with E-state index in [9.17, 15) is 4.79 Å². The first-order valence-electron chi connectivity index (χ1n) is 5.82. The lowest BCUT2D eigenvalue weighted by Gasteiger charge is -2.03. The summed E-state index contributed by atoms with van der Waals surface area (Å²) in [5.41, 5.74) is 8.08. The van der Waals surface area contributed by atoms with Gasteiger partial charge in [-0.1, -0.05) is 0 Å². The van der Waals surface area contributed by atoms with E-state index in [1.54, 1.807) is 13.0 Å². The van der Waals surface area contributed by atoms with Crippen LogP contribution >= 0.6 is 0 Å². The molecule has 1 aliphatic rings. The summed E-state index contributed by atoms with van der Waals surface area (Å²) in [5, 5.41) is 0. The van der Waals surface area contributed by atoms with Gasteiger partial charge < -0.3 is 10.5 Å². The first-order chi connectivity index (χ1) is 8.20. The molecule has 0 saturated heterocycles. The van der Waals surface area contributed by atoms with Crippen LogP contribution in [-0.2, 0) is 9.53 Å². The monoisotopic (exact) mass is 232 g/mol. The predicted molar refractivity (Wildman–Crippen MR) is 66.3 cm³/mol. The third-order valence-corrected chi connectivity index (χ3v) is 2.64. The lowest BCUT2D eigenvalue weighted by Crippen LogP contribution is -2.00. The normalized spacial score (nSPS) is 15.1. The van der Waals surface area contributed by atoms with Crippen molar-refractivity contribution in [3.8, 4) is 0 Å². The molecule has 0 aliphatic heterocycles. The van der Waals surface area contributed by atoms with E-state index in [-0.39, 0.29) is 5.97 Å². The maximum atomic E-state index is 11.2. The molecule has 2 N–H and O–H groups in total. The highest BCUT2D eigenvalue weighted by Crippen LogP contribution is 2.39. The highest BCUT2D eigenvalue weighted by atomic mass is 16.5. The van der Waals surface area contributed by atoms with Crippen molar-refractivity contribution in [1.82, 2.24) is 4.98 Å². The number of carbonyl (C=O) groups is 1. The SMILES string of the molecule is CCOC(=O)/C=C/c1nc(C2CC2)ccc1N. The van der Waals surface area contributed by atoms with Crippen molar-refractivity contribution < 1.29 is 9.53 Å². The number of nitrogens with two attached hydrogens (primary N) is 1. The number of aromatic nitrogens is 1. The number of anilines is 1. The maximum Gasteiger partial charge on any atom is 0.330 e. The second-order valence-corrected chi connectivity index (χ2v) is 4.07. The smallest absolute Gasteiger partial charge is 0.330 e. The number of pyridine rings is 1. The van der Waals surface area contributed by atoms with E-state index in [1.165, 1.54) is 18.9 Å². The Morgan fingerprint density at radius 3 is 3.00 bits per heavy atom. The molecule has 0 spiro atoms. The number of hydrogen-bond acceptors (Lipinski definition) is 4. The Morgan fingerprint density at radius 2 is 2.35 bits per heavy atom. The van der Waals surface area contributed by atoms with Gasteiger partial charge in [-0.15, -0.1) is 0 Å². The second kappa shape index (κ2) is 4.99. The van der Waals surface area contributed by atoms with E-state index in [1.807, 2.05) is 12.1 Å². The van der Waals surface area contributed by atoms with Gasteiger partial charge in [-0.05, 0) is 38.0 Å². The largest absolute Gasteiger partial charge is 0.463 e. The van der Waals surface area contributed by atoms with Gasteiger partial charge in [-0.3, -0.25) is 4.98 Å². The zero-order chi connectivity index (χ0) is 12.3. The lowest BCUT2D eigenvalue weighted by molar-refractivity contribution is -0.137. The summed E-state index contributed by atoms with van der Waals surface area (Å²) in [5.74, 6) is 0.205. The third kappa shape index (κ3) is 3.06. The van der Waals surface area contributed by atoms with Gasteiger partial charge in [0, 0.05) is 17.7 Å². The highest BCUT2D eigenvalue weighted by molar-refractivity contribution is 5.87. The molecule has 2 rings (SSSR count). The van der Waals surface area contributed by atoms with Gasteiger partial charge in [-0.2, -0.15) is 0 Å². The summed E-state index contributed by atoms with van der Waals surface area (Å²) in [6.07, 6.45) is 5.36. The number of hydrogen-bond donors (Lipinski definition) is 1. The summed E-state index contributed by atoms with van der Waals surface area (Å²) in [7, 11) is 0. The molecule has 1 heterocycles. The lowest BCUT2D eigenvalue weighted by atomic mass is 10.2. The van der Waals surface area contributed by atoms with Crippen LogP contribution in [0.1, 0.15) is 37.1 Å². The van der Waals surface area contributed by atoms with Gasteiger partial charge in [0.2, 0.25) is 0 Å². The van der Waals surface area contributed by atoms with Crippen LogP contribution in [0.15, 0.2) is 18.2 Å². The number of ether oxygens (including phenoxy) is 1. The Hall–Kier alpha value is -1.84. The van der Waals surface area contributed by atoms with Crippen molar-refractivity contribution in [3.63, 3.8) is 0 Å². The van der Waals surface area contributed by atoms with Gasteiger partial charge >= 0.3 is 5.97 Å². The number of nitrogen functional groups attached to an aromatic ring is 1. The zero-order valence-corrected chi connectivity index (χ0v) is 9.85. The quantitative estimate of drug-likeness (QED) is 0.638. The Balaban J connectivity index is 2.13. The Morgan fingerprint density at radius 1 is 1.59 bits per heavy atom. The van der Waals surface area contributed by atoms with E-state index in [0.29, 0.717) is 23.9 Å². The fourth-order valence-electron chi connectivity index (χ4n) is 1.58. The molecule has 0 radical (unpaired) electrons. The first kappa shape index (κ1) is 11.6. The number of rotatable bonds is 4. The molecule has 1 aromatic rings. The number of esters is 1. The highest BCUT2D eigenvalue weighted by Gasteiger charge is 2.25. The molecule has 4 nitrogen and oxygen atoms in total. The minimum Gasteiger partial charge on any atom is -0.463 e. The van der Waals surface area contributed by atoms with Crippen LogP contribution in [0.3, 0.4) is 0 Å².